The van der Waals surface area contributed by atoms with Gasteiger partial charge < -0.3 is 5.32 Å². The summed E-state index contributed by atoms with van der Waals surface area (Å²) in [5.41, 5.74) is 1.11. The minimum absolute atomic E-state index is 0.0218. The molecule has 1 rings (SSSR count). The van der Waals surface area contributed by atoms with Crippen LogP contribution in [-0.2, 0) is 0 Å². The van der Waals surface area contributed by atoms with Crippen molar-refractivity contribution in [2.45, 2.75) is 13.3 Å². The van der Waals surface area contributed by atoms with E-state index in [-0.39, 0.29) is 5.83 Å². The standard InChI is InChI=1S/C8H12FN/c1-6-5-7(9)3-4-8(6)10-2/h3-4,6,10H,5H2,1-2H3. The maximum Gasteiger partial charge on any atom is 0.101 e. The van der Waals surface area contributed by atoms with Gasteiger partial charge >= 0.3 is 0 Å². The molecular weight excluding hydrogens is 129 g/mol. The monoisotopic (exact) mass is 141 g/mol. The first-order valence-corrected chi connectivity index (χ1v) is 3.48. The first kappa shape index (κ1) is 7.32. The van der Waals surface area contributed by atoms with Gasteiger partial charge in [0, 0.05) is 25.1 Å². The Morgan fingerprint density at radius 1 is 1.60 bits per heavy atom. The van der Waals surface area contributed by atoms with Gasteiger partial charge in [0.25, 0.3) is 0 Å². The molecule has 2 heteroatoms. The average molecular weight is 141 g/mol. The van der Waals surface area contributed by atoms with Crippen LogP contribution in [0.4, 0.5) is 4.39 Å². The topological polar surface area (TPSA) is 12.0 Å². The van der Waals surface area contributed by atoms with E-state index in [4.69, 9.17) is 0 Å². The second kappa shape index (κ2) is 2.86. The summed E-state index contributed by atoms with van der Waals surface area (Å²) in [7, 11) is 1.86. The number of hydrogen-bond acceptors (Lipinski definition) is 1. The second-order valence-electron chi connectivity index (χ2n) is 2.59. The number of allylic oxidation sites excluding steroid dienone is 4. The number of hydrogen-bond donors (Lipinski definition) is 1. The number of rotatable bonds is 1. The van der Waals surface area contributed by atoms with Crippen LogP contribution in [0.2, 0.25) is 0 Å². The molecule has 0 aromatic heterocycles. The third-order valence-electron chi connectivity index (χ3n) is 1.76. The molecule has 56 valence electrons. The van der Waals surface area contributed by atoms with Gasteiger partial charge in [0.15, 0.2) is 0 Å². The van der Waals surface area contributed by atoms with Crippen molar-refractivity contribution in [1.29, 1.82) is 0 Å². The first-order chi connectivity index (χ1) is 4.74. The van der Waals surface area contributed by atoms with Crippen LogP contribution in [0.5, 0.6) is 0 Å². The van der Waals surface area contributed by atoms with E-state index in [0.717, 1.165) is 5.70 Å². The quantitative estimate of drug-likeness (QED) is 0.588. The van der Waals surface area contributed by atoms with Crippen LogP contribution in [0.25, 0.3) is 0 Å². The number of halogens is 1. The third kappa shape index (κ3) is 1.38. The van der Waals surface area contributed by atoms with Crippen molar-refractivity contribution in [3.63, 3.8) is 0 Å². The molecule has 1 aliphatic carbocycles. The lowest BCUT2D eigenvalue weighted by molar-refractivity contribution is 0.506. The van der Waals surface area contributed by atoms with Gasteiger partial charge in [0.2, 0.25) is 0 Å². The van der Waals surface area contributed by atoms with E-state index in [2.05, 4.69) is 5.32 Å². The van der Waals surface area contributed by atoms with E-state index < -0.39 is 0 Å². The predicted octanol–water partition coefficient (Wildman–Crippen LogP) is 1.98. The van der Waals surface area contributed by atoms with Gasteiger partial charge in [-0.1, -0.05) is 6.92 Å². The minimum atomic E-state index is -0.0218. The Kier molecular flexibility index (Phi) is 2.10. The van der Waals surface area contributed by atoms with Crippen LogP contribution in [0, 0.1) is 5.92 Å². The minimum Gasteiger partial charge on any atom is -0.391 e. The molecule has 0 radical (unpaired) electrons. The molecule has 1 nitrogen and oxygen atoms in total. The Bertz CT molecular complexity index is 182. The molecule has 0 saturated carbocycles. The summed E-state index contributed by atoms with van der Waals surface area (Å²) in [5.74, 6) is 0.279. The van der Waals surface area contributed by atoms with Gasteiger partial charge in [-0.2, -0.15) is 0 Å². The van der Waals surface area contributed by atoms with Crippen LogP contribution >= 0.6 is 0 Å². The van der Waals surface area contributed by atoms with Gasteiger partial charge in [-0.3, -0.25) is 0 Å². The molecule has 0 fully saturated rings. The highest BCUT2D eigenvalue weighted by Gasteiger charge is 2.12. The summed E-state index contributed by atoms with van der Waals surface area (Å²) < 4.78 is 12.5. The summed E-state index contributed by atoms with van der Waals surface area (Å²) in [4.78, 5) is 0. The maximum absolute atomic E-state index is 12.5. The molecular formula is C8H12FN. The molecule has 1 unspecified atom stereocenters. The maximum atomic E-state index is 12.5. The Morgan fingerprint density at radius 2 is 2.30 bits per heavy atom. The zero-order valence-electron chi connectivity index (χ0n) is 6.32. The first-order valence-electron chi connectivity index (χ1n) is 3.48. The molecule has 0 aromatic carbocycles. The molecule has 0 saturated heterocycles. The van der Waals surface area contributed by atoms with Gasteiger partial charge in [0.05, 0.1) is 0 Å². The Hall–Kier alpha value is -0.790. The molecule has 0 aromatic rings. The van der Waals surface area contributed by atoms with E-state index in [9.17, 15) is 4.39 Å². The zero-order chi connectivity index (χ0) is 7.56. The van der Waals surface area contributed by atoms with E-state index in [1.165, 1.54) is 6.08 Å². The molecule has 0 amide bonds. The van der Waals surface area contributed by atoms with Gasteiger partial charge in [0.1, 0.15) is 5.83 Å². The predicted molar refractivity (Wildman–Crippen MR) is 40.1 cm³/mol. The lowest BCUT2D eigenvalue weighted by atomic mass is 9.98. The fraction of sp³-hybridized carbons (Fsp3) is 0.500. The highest BCUT2D eigenvalue weighted by Crippen LogP contribution is 2.22. The molecule has 10 heavy (non-hydrogen) atoms. The lowest BCUT2D eigenvalue weighted by Gasteiger charge is -2.17. The van der Waals surface area contributed by atoms with Crippen LogP contribution in [0.3, 0.4) is 0 Å². The van der Waals surface area contributed by atoms with E-state index >= 15 is 0 Å². The second-order valence-corrected chi connectivity index (χ2v) is 2.59. The number of nitrogens with one attached hydrogen (secondary N) is 1. The van der Waals surface area contributed by atoms with Crippen molar-refractivity contribution in [3.8, 4) is 0 Å². The van der Waals surface area contributed by atoms with Crippen molar-refractivity contribution in [1.82, 2.24) is 5.32 Å². The summed E-state index contributed by atoms with van der Waals surface area (Å²) in [6.07, 6.45) is 3.85. The third-order valence-corrected chi connectivity index (χ3v) is 1.76. The smallest absolute Gasteiger partial charge is 0.101 e. The van der Waals surface area contributed by atoms with Crippen LogP contribution in [0.1, 0.15) is 13.3 Å². The van der Waals surface area contributed by atoms with Crippen molar-refractivity contribution in [2.24, 2.45) is 5.92 Å². The van der Waals surface area contributed by atoms with E-state index in [1.54, 1.807) is 6.08 Å². The van der Waals surface area contributed by atoms with Crippen molar-refractivity contribution >= 4 is 0 Å². The van der Waals surface area contributed by atoms with Crippen LogP contribution < -0.4 is 5.32 Å². The summed E-state index contributed by atoms with van der Waals surface area (Å²) >= 11 is 0. The van der Waals surface area contributed by atoms with Crippen molar-refractivity contribution in [2.75, 3.05) is 7.05 Å². The van der Waals surface area contributed by atoms with Crippen molar-refractivity contribution < 1.29 is 4.39 Å². The van der Waals surface area contributed by atoms with E-state index in [1.807, 2.05) is 14.0 Å². The normalized spacial score (nSPS) is 25.3. The SMILES string of the molecule is CNC1=CC=C(F)CC1C. The fourth-order valence-electron chi connectivity index (χ4n) is 1.14. The Balaban J connectivity index is 2.71. The average Bonchev–Trinajstić information content (AvgIpc) is 1.88. The largest absolute Gasteiger partial charge is 0.391 e. The Morgan fingerprint density at radius 3 is 2.80 bits per heavy atom. The van der Waals surface area contributed by atoms with Crippen molar-refractivity contribution in [3.05, 3.63) is 23.7 Å². The molecule has 0 aliphatic heterocycles. The highest BCUT2D eigenvalue weighted by molar-refractivity contribution is 5.21. The highest BCUT2D eigenvalue weighted by atomic mass is 19.1. The molecule has 0 bridgehead atoms. The van der Waals surface area contributed by atoms with Gasteiger partial charge in [-0.05, 0) is 12.2 Å². The summed E-state index contributed by atoms with van der Waals surface area (Å²) in [6.45, 7) is 2.01. The van der Waals surface area contributed by atoms with Crippen LogP contribution in [-0.4, -0.2) is 7.05 Å². The molecule has 1 aliphatic rings. The summed E-state index contributed by atoms with van der Waals surface area (Å²) in [6, 6.07) is 0. The van der Waals surface area contributed by atoms with Gasteiger partial charge in [-0.25, -0.2) is 4.39 Å². The lowest BCUT2D eigenvalue weighted by Crippen LogP contribution is -2.15. The molecule has 0 heterocycles. The molecule has 0 spiro atoms. The van der Waals surface area contributed by atoms with E-state index in [0.29, 0.717) is 12.3 Å². The zero-order valence-corrected chi connectivity index (χ0v) is 6.32. The Labute approximate surface area is 60.6 Å². The molecule has 1 N–H and O–H groups in total. The fourth-order valence-corrected chi connectivity index (χ4v) is 1.14. The van der Waals surface area contributed by atoms with Gasteiger partial charge in [-0.15, -0.1) is 0 Å². The molecule has 1 atom stereocenters. The summed E-state index contributed by atoms with van der Waals surface area (Å²) in [5, 5.41) is 3.02. The van der Waals surface area contributed by atoms with Crippen LogP contribution in [0.15, 0.2) is 23.7 Å².